The minimum absolute atomic E-state index is 0.0472. The zero-order valence-electron chi connectivity index (χ0n) is 15.9. The molecule has 0 spiro atoms. The maximum Gasteiger partial charge on any atom is 0.336 e. The van der Waals surface area contributed by atoms with Gasteiger partial charge in [0.25, 0.3) is 0 Å². The normalized spacial score (nSPS) is 24.1. The summed E-state index contributed by atoms with van der Waals surface area (Å²) in [4.78, 5) is 25.6. The molecular weight excluding hydrogens is 352 g/mol. The molecule has 3 rings (SSSR count). The number of fused-ring (bicyclic) bond motifs is 1. The van der Waals surface area contributed by atoms with Gasteiger partial charge in [0.15, 0.2) is 11.6 Å². The van der Waals surface area contributed by atoms with Crippen molar-refractivity contribution in [2.75, 3.05) is 6.61 Å². The molecule has 2 atom stereocenters. The van der Waals surface area contributed by atoms with E-state index < -0.39 is 29.4 Å². The molecule has 0 saturated carbocycles. The molecule has 2 aliphatic rings. The number of esters is 1. The summed E-state index contributed by atoms with van der Waals surface area (Å²) in [6.07, 6.45) is 2.29. The number of ether oxygens (including phenoxy) is 1. The van der Waals surface area contributed by atoms with E-state index in [2.05, 4.69) is 5.32 Å². The summed E-state index contributed by atoms with van der Waals surface area (Å²) >= 11 is 0. The van der Waals surface area contributed by atoms with Crippen LogP contribution in [0, 0.1) is 23.0 Å². The van der Waals surface area contributed by atoms with Gasteiger partial charge in [-0.2, -0.15) is 0 Å². The molecule has 0 saturated heterocycles. The number of rotatable bonds is 3. The van der Waals surface area contributed by atoms with E-state index in [1.54, 1.807) is 13.8 Å². The van der Waals surface area contributed by atoms with Gasteiger partial charge < -0.3 is 10.1 Å². The number of nitrogens with one attached hydrogen (secondary N) is 1. The van der Waals surface area contributed by atoms with Crippen LogP contribution in [0.4, 0.5) is 8.78 Å². The van der Waals surface area contributed by atoms with Crippen LogP contribution in [0.1, 0.15) is 45.6 Å². The average molecular weight is 375 g/mol. The summed E-state index contributed by atoms with van der Waals surface area (Å²) in [6.45, 7) is 7.51. The number of allylic oxidation sites excluding steroid dienone is 3. The Morgan fingerprint density at radius 1 is 1.26 bits per heavy atom. The number of hydrogen-bond donors (Lipinski definition) is 1. The van der Waals surface area contributed by atoms with Crippen LogP contribution in [0.3, 0.4) is 0 Å². The first-order valence-electron chi connectivity index (χ1n) is 9.00. The van der Waals surface area contributed by atoms with Crippen molar-refractivity contribution in [2.45, 2.75) is 40.0 Å². The van der Waals surface area contributed by atoms with Crippen molar-refractivity contribution in [3.8, 4) is 0 Å². The fourth-order valence-corrected chi connectivity index (χ4v) is 4.01. The number of carbonyl (C=O) groups is 2. The van der Waals surface area contributed by atoms with E-state index in [1.807, 2.05) is 19.9 Å². The summed E-state index contributed by atoms with van der Waals surface area (Å²) in [6, 6.07) is 3.50. The molecule has 0 amide bonds. The van der Waals surface area contributed by atoms with Gasteiger partial charge in [0.05, 0.1) is 18.1 Å². The van der Waals surface area contributed by atoms with Gasteiger partial charge in [0.1, 0.15) is 5.78 Å². The van der Waals surface area contributed by atoms with Crippen molar-refractivity contribution in [1.29, 1.82) is 0 Å². The number of halogens is 2. The summed E-state index contributed by atoms with van der Waals surface area (Å²) < 4.78 is 32.6. The Kier molecular flexibility index (Phi) is 4.93. The van der Waals surface area contributed by atoms with E-state index in [9.17, 15) is 18.4 Å². The lowest BCUT2D eigenvalue weighted by atomic mass is 9.66. The number of Topliss-reactive ketones (excluding diaryl/α,β-unsaturated/α-hetero) is 1. The van der Waals surface area contributed by atoms with Crippen LogP contribution in [0.2, 0.25) is 0 Å². The lowest BCUT2D eigenvalue weighted by Gasteiger charge is -2.41. The van der Waals surface area contributed by atoms with Crippen molar-refractivity contribution in [2.24, 2.45) is 11.3 Å². The molecule has 6 heteroatoms. The summed E-state index contributed by atoms with van der Waals surface area (Å²) in [7, 11) is 0. The highest BCUT2D eigenvalue weighted by molar-refractivity contribution is 5.96. The Morgan fingerprint density at radius 2 is 1.96 bits per heavy atom. The first kappa shape index (κ1) is 19.3. The van der Waals surface area contributed by atoms with Crippen LogP contribution in [0.25, 0.3) is 0 Å². The number of carbonyl (C=O) groups excluding carboxylic acids is 2. The Morgan fingerprint density at radius 3 is 2.59 bits per heavy atom. The third kappa shape index (κ3) is 3.53. The van der Waals surface area contributed by atoms with Gasteiger partial charge in [-0.1, -0.05) is 26.0 Å². The van der Waals surface area contributed by atoms with Crippen molar-refractivity contribution in [3.05, 3.63) is 58.4 Å². The fraction of sp³-hybridized carbons (Fsp3) is 0.429. The van der Waals surface area contributed by atoms with Crippen LogP contribution < -0.4 is 5.32 Å². The average Bonchev–Trinajstić information content (AvgIpc) is 2.55. The molecule has 4 nitrogen and oxygen atoms in total. The zero-order chi connectivity index (χ0) is 19.9. The van der Waals surface area contributed by atoms with E-state index >= 15 is 0 Å². The third-order valence-electron chi connectivity index (χ3n) is 5.04. The molecule has 0 radical (unpaired) electrons. The monoisotopic (exact) mass is 375 g/mol. The largest absolute Gasteiger partial charge is 0.463 e. The van der Waals surface area contributed by atoms with E-state index in [0.717, 1.165) is 12.1 Å². The Hall–Kier alpha value is -2.50. The second kappa shape index (κ2) is 6.91. The molecule has 2 unspecified atom stereocenters. The quantitative estimate of drug-likeness (QED) is 0.812. The Balaban J connectivity index is 2.21. The molecule has 0 bridgehead atoms. The highest BCUT2D eigenvalue weighted by Crippen LogP contribution is 2.47. The second-order valence-electron chi connectivity index (χ2n) is 7.74. The Bertz CT molecular complexity index is 870. The number of hydrogen-bond acceptors (Lipinski definition) is 4. The van der Waals surface area contributed by atoms with Gasteiger partial charge in [-0.05, 0) is 37.0 Å². The fourth-order valence-electron chi connectivity index (χ4n) is 4.01. The zero-order valence-corrected chi connectivity index (χ0v) is 15.9. The molecule has 1 aliphatic carbocycles. The van der Waals surface area contributed by atoms with Crippen LogP contribution in [0.15, 0.2) is 41.2 Å². The van der Waals surface area contributed by atoms with E-state index in [0.29, 0.717) is 23.4 Å². The maximum atomic E-state index is 13.9. The molecule has 1 N–H and O–H groups in total. The first-order valence-corrected chi connectivity index (χ1v) is 9.00. The van der Waals surface area contributed by atoms with Crippen LogP contribution in [-0.4, -0.2) is 18.4 Å². The number of ketones is 1. The van der Waals surface area contributed by atoms with Crippen molar-refractivity contribution in [1.82, 2.24) is 5.32 Å². The molecule has 1 heterocycles. The third-order valence-corrected chi connectivity index (χ3v) is 5.04. The van der Waals surface area contributed by atoms with Crippen LogP contribution >= 0.6 is 0 Å². The van der Waals surface area contributed by atoms with Crippen molar-refractivity contribution < 1.29 is 23.1 Å². The van der Waals surface area contributed by atoms with Gasteiger partial charge in [-0.3, -0.25) is 4.79 Å². The predicted octanol–water partition coefficient (Wildman–Crippen LogP) is 3.99. The van der Waals surface area contributed by atoms with Gasteiger partial charge in [-0.25, -0.2) is 13.6 Å². The molecule has 1 aromatic carbocycles. The van der Waals surface area contributed by atoms with Crippen molar-refractivity contribution >= 4 is 11.8 Å². The topological polar surface area (TPSA) is 55.4 Å². The summed E-state index contributed by atoms with van der Waals surface area (Å²) in [5.74, 6) is -3.98. The lowest BCUT2D eigenvalue weighted by molar-refractivity contribution is -0.139. The second-order valence-corrected chi connectivity index (χ2v) is 7.74. The van der Waals surface area contributed by atoms with E-state index in [-0.39, 0.29) is 23.4 Å². The molecule has 1 aromatic rings. The number of benzene rings is 1. The van der Waals surface area contributed by atoms with Crippen LogP contribution in [0.5, 0.6) is 0 Å². The van der Waals surface area contributed by atoms with E-state index in [4.69, 9.17) is 4.74 Å². The van der Waals surface area contributed by atoms with Gasteiger partial charge in [0, 0.05) is 23.7 Å². The molecule has 0 aromatic heterocycles. The highest BCUT2D eigenvalue weighted by atomic mass is 19.2. The van der Waals surface area contributed by atoms with Gasteiger partial charge in [-0.15, -0.1) is 0 Å². The molecule has 27 heavy (non-hydrogen) atoms. The highest BCUT2D eigenvalue weighted by Gasteiger charge is 2.46. The minimum Gasteiger partial charge on any atom is -0.463 e. The molecule has 1 aliphatic heterocycles. The SMILES string of the molecule is CCOC(=O)C1=C(C)NC2=CC(C)(C)CC(=O)C2C1c1ccc(F)c(F)c1. The minimum atomic E-state index is -1.01. The molecular formula is C21H23F2NO3. The summed E-state index contributed by atoms with van der Waals surface area (Å²) in [5.41, 5.74) is 1.57. The lowest BCUT2D eigenvalue weighted by Crippen LogP contribution is -2.43. The van der Waals surface area contributed by atoms with Gasteiger partial charge in [0.2, 0.25) is 0 Å². The Labute approximate surface area is 157 Å². The van der Waals surface area contributed by atoms with Crippen LogP contribution in [-0.2, 0) is 14.3 Å². The molecule has 144 valence electrons. The molecule has 0 fully saturated rings. The predicted molar refractivity (Wildman–Crippen MR) is 96.5 cm³/mol. The maximum absolute atomic E-state index is 13.9. The van der Waals surface area contributed by atoms with Gasteiger partial charge >= 0.3 is 5.97 Å². The standard InChI is InChI=1S/C21H23F2NO3/c1-5-27-20(26)17-11(2)24-15-9-21(3,4)10-16(25)19(15)18(17)12-6-7-13(22)14(23)8-12/h6-9,18-19,24H,5,10H2,1-4H3. The summed E-state index contributed by atoms with van der Waals surface area (Å²) in [5, 5.41) is 3.17. The smallest absolute Gasteiger partial charge is 0.336 e. The van der Waals surface area contributed by atoms with E-state index in [1.165, 1.54) is 6.07 Å². The van der Waals surface area contributed by atoms with Crippen molar-refractivity contribution in [3.63, 3.8) is 0 Å². The first-order chi connectivity index (χ1) is 12.6.